The SMILES string of the molecule is COCCc1ccc(Oc2cccc(CO)n2)cc1. The molecule has 100 valence electrons. The van der Waals surface area contributed by atoms with Gasteiger partial charge in [-0.25, -0.2) is 4.98 Å². The van der Waals surface area contributed by atoms with Crippen molar-refractivity contribution in [3.63, 3.8) is 0 Å². The van der Waals surface area contributed by atoms with E-state index < -0.39 is 0 Å². The van der Waals surface area contributed by atoms with E-state index in [1.165, 1.54) is 5.56 Å². The van der Waals surface area contributed by atoms with Crippen molar-refractivity contribution in [2.75, 3.05) is 13.7 Å². The molecule has 0 radical (unpaired) electrons. The third-order valence-electron chi connectivity index (χ3n) is 2.68. The highest BCUT2D eigenvalue weighted by atomic mass is 16.5. The van der Waals surface area contributed by atoms with Crippen LogP contribution in [0.25, 0.3) is 0 Å². The minimum atomic E-state index is -0.0901. The Hall–Kier alpha value is -1.91. The van der Waals surface area contributed by atoms with Crippen molar-refractivity contribution >= 4 is 0 Å². The predicted octanol–water partition coefficient (Wildman–Crippen LogP) is 2.56. The Labute approximate surface area is 112 Å². The number of aromatic nitrogens is 1. The molecule has 0 aliphatic heterocycles. The van der Waals surface area contributed by atoms with Crippen molar-refractivity contribution in [3.8, 4) is 11.6 Å². The molecule has 4 nitrogen and oxygen atoms in total. The van der Waals surface area contributed by atoms with Crippen molar-refractivity contribution < 1.29 is 14.6 Å². The summed E-state index contributed by atoms with van der Waals surface area (Å²) < 4.78 is 10.7. The average molecular weight is 259 g/mol. The molecule has 0 saturated carbocycles. The molecule has 0 amide bonds. The summed E-state index contributed by atoms with van der Waals surface area (Å²) in [7, 11) is 1.69. The Balaban J connectivity index is 2.02. The van der Waals surface area contributed by atoms with Gasteiger partial charge in [0.25, 0.3) is 0 Å². The highest BCUT2D eigenvalue weighted by molar-refractivity contribution is 5.31. The third-order valence-corrected chi connectivity index (χ3v) is 2.68. The van der Waals surface area contributed by atoms with Gasteiger partial charge in [-0.15, -0.1) is 0 Å². The van der Waals surface area contributed by atoms with Gasteiger partial charge in [-0.3, -0.25) is 0 Å². The molecule has 1 heterocycles. The number of aliphatic hydroxyl groups excluding tert-OH is 1. The molecule has 2 aromatic rings. The van der Waals surface area contributed by atoms with Gasteiger partial charge in [-0.1, -0.05) is 18.2 Å². The lowest BCUT2D eigenvalue weighted by Gasteiger charge is -2.07. The van der Waals surface area contributed by atoms with E-state index in [-0.39, 0.29) is 6.61 Å². The van der Waals surface area contributed by atoms with E-state index in [0.717, 1.165) is 12.2 Å². The molecule has 2 rings (SSSR count). The number of hydrogen-bond acceptors (Lipinski definition) is 4. The zero-order valence-corrected chi connectivity index (χ0v) is 10.9. The fraction of sp³-hybridized carbons (Fsp3) is 0.267. The number of hydrogen-bond donors (Lipinski definition) is 1. The highest BCUT2D eigenvalue weighted by Crippen LogP contribution is 2.20. The predicted molar refractivity (Wildman–Crippen MR) is 72.3 cm³/mol. The maximum absolute atomic E-state index is 9.02. The van der Waals surface area contributed by atoms with E-state index in [1.54, 1.807) is 25.3 Å². The van der Waals surface area contributed by atoms with E-state index in [2.05, 4.69) is 4.98 Å². The molecule has 4 heteroatoms. The van der Waals surface area contributed by atoms with Crippen molar-refractivity contribution in [1.82, 2.24) is 4.98 Å². The molecular formula is C15H17NO3. The number of rotatable bonds is 6. The van der Waals surface area contributed by atoms with E-state index >= 15 is 0 Å². The van der Waals surface area contributed by atoms with Crippen molar-refractivity contribution in [2.45, 2.75) is 13.0 Å². The molecule has 0 spiro atoms. The average Bonchev–Trinajstić information content (AvgIpc) is 2.47. The maximum atomic E-state index is 9.02. The number of nitrogens with zero attached hydrogens (tertiary/aromatic N) is 1. The van der Waals surface area contributed by atoms with Crippen LogP contribution in [0.5, 0.6) is 11.6 Å². The minimum Gasteiger partial charge on any atom is -0.439 e. The molecule has 0 bridgehead atoms. The summed E-state index contributed by atoms with van der Waals surface area (Å²) in [5.41, 5.74) is 1.79. The van der Waals surface area contributed by atoms with Crippen LogP contribution in [0.1, 0.15) is 11.3 Å². The van der Waals surface area contributed by atoms with Crippen LogP contribution in [0.15, 0.2) is 42.5 Å². The summed E-state index contributed by atoms with van der Waals surface area (Å²) in [4.78, 5) is 4.17. The number of benzene rings is 1. The van der Waals surface area contributed by atoms with Gasteiger partial charge in [0.1, 0.15) is 5.75 Å². The first-order valence-corrected chi connectivity index (χ1v) is 6.14. The van der Waals surface area contributed by atoms with Crippen LogP contribution >= 0.6 is 0 Å². The quantitative estimate of drug-likeness (QED) is 0.866. The number of pyridine rings is 1. The van der Waals surface area contributed by atoms with Crippen LogP contribution < -0.4 is 4.74 Å². The largest absolute Gasteiger partial charge is 0.439 e. The molecule has 1 aromatic carbocycles. The Bertz CT molecular complexity index is 511. The first-order chi connectivity index (χ1) is 9.31. The van der Waals surface area contributed by atoms with E-state index in [0.29, 0.717) is 18.2 Å². The highest BCUT2D eigenvalue weighted by Gasteiger charge is 2.00. The second kappa shape index (κ2) is 6.87. The lowest BCUT2D eigenvalue weighted by atomic mass is 10.1. The van der Waals surface area contributed by atoms with Crippen LogP contribution in [-0.4, -0.2) is 23.8 Å². The molecule has 19 heavy (non-hydrogen) atoms. The second-order valence-electron chi connectivity index (χ2n) is 4.11. The summed E-state index contributed by atoms with van der Waals surface area (Å²) in [6, 6.07) is 13.1. The Kier molecular flexibility index (Phi) is 4.89. The summed E-state index contributed by atoms with van der Waals surface area (Å²) in [6.45, 7) is 0.619. The van der Waals surface area contributed by atoms with Gasteiger partial charge < -0.3 is 14.6 Å². The van der Waals surface area contributed by atoms with Gasteiger partial charge in [0, 0.05) is 13.2 Å². The first kappa shape index (κ1) is 13.5. The van der Waals surface area contributed by atoms with Gasteiger partial charge in [0.05, 0.1) is 18.9 Å². The molecule has 0 unspecified atom stereocenters. The van der Waals surface area contributed by atoms with Gasteiger partial charge in [0.2, 0.25) is 5.88 Å². The smallest absolute Gasteiger partial charge is 0.219 e. The topological polar surface area (TPSA) is 51.6 Å². The number of ether oxygens (including phenoxy) is 2. The second-order valence-corrected chi connectivity index (χ2v) is 4.11. The summed E-state index contributed by atoms with van der Waals surface area (Å²) in [5, 5.41) is 9.02. The molecule has 0 saturated heterocycles. The molecular weight excluding hydrogens is 242 g/mol. The fourth-order valence-corrected chi connectivity index (χ4v) is 1.67. The summed E-state index contributed by atoms with van der Waals surface area (Å²) in [5.74, 6) is 1.21. The van der Waals surface area contributed by atoms with Crippen LogP contribution in [0, 0.1) is 0 Å². The molecule has 0 fully saturated rings. The lowest BCUT2D eigenvalue weighted by Crippen LogP contribution is -1.95. The van der Waals surface area contributed by atoms with Gasteiger partial charge in [-0.05, 0) is 30.2 Å². The first-order valence-electron chi connectivity index (χ1n) is 6.14. The number of aliphatic hydroxyl groups is 1. The van der Waals surface area contributed by atoms with Gasteiger partial charge >= 0.3 is 0 Å². The van der Waals surface area contributed by atoms with Crippen molar-refractivity contribution in [1.29, 1.82) is 0 Å². The zero-order valence-electron chi connectivity index (χ0n) is 10.9. The molecule has 0 aliphatic rings. The Morgan fingerprint density at radius 3 is 2.58 bits per heavy atom. The molecule has 0 atom stereocenters. The van der Waals surface area contributed by atoms with Gasteiger partial charge in [0.15, 0.2) is 0 Å². The molecule has 1 N–H and O–H groups in total. The third kappa shape index (κ3) is 4.05. The van der Waals surface area contributed by atoms with E-state index in [1.807, 2.05) is 24.3 Å². The summed E-state index contributed by atoms with van der Waals surface area (Å²) >= 11 is 0. The van der Waals surface area contributed by atoms with E-state index in [9.17, 15) is 0 Å². The Morgan fingerprint density at radius 2 is 1.89 bits per heavy atom. The zero-order chi connectivity index (χ0) is 13.5. The Morgan fingerprint density at radius 1 is 1.11 bits per heavy atom. The standard InChI is InChI=1S/C15H17NO3/c1-18-10-9-12-5-7-14(8-6-12)19-15-4-2-3-13(11-17)16-15/h2-8,17H,9-11H2,1H3. The molecule has 1 aromatic heterocycles. The minimum absolute atomic E-state index is 0.0901. The van der Waals surface area contributed by atoms with Crippen molar-refractivity contribution in [2.24, 2.45) is 0 Å². The lowest BCUT2D eigenvalue weighted by molar-refractivity contribution is 0.202. The fourth-order valence-electron chi connectivity index (χ4n) is 1.67. The summed E-state index contributed by atoms with van der Waals surface area (Å²) in [6.07, 6.45) is 0.884. The normalized spacial score (nSPS) is 10.4. The van der Waals surface area contributed by atoms with Gasteiger partial charge in [-0.2, -0.15) is 0 Å². The maximum Gasteiger partial charge on any atom is 0.219 e. The van der Waals surface area contributed by atoms with E-state index in [4.69, 9.17) is 14.6 Å². The monoisotopic (exact) mass is 259 g/mol. The van der Waals surface area contributed by atoms with Crippen LogP contribution in [-0.2, 0) is 17.8 Å². The molecule has 0 aliphatic carbocycles. The van der Waals surface area contributed by atoms with Crippen LogP contribution in [0.3, 0.4) is 0 Å². The van der Waals surface area contributed by atoms with Crippen LogP contribution in [0.4, 0.5) is 0 Å². The van der Waals surface area contributed by atoms with Crippen LogP contribution in [0.2, 0.25) is 0 Å². The van der Waals surface area contributed by atoms with Crippen molar-refractivity contribution in [3.05, 3.63) is 53.7 Å². The number of methoxy groups -OCH3 is 1.